The molecule has 0 radical (unpaired) electrons. The molecule has 0 aliphatic heterocycles. The average Bonchev–Trinajstić information content (AvgIpc) is 2.40. The van der Waals surface area contributed by atoms with E-state index in [2.05, 4.69) is 32.8 Å². The van der Waals surface area contributed by atoms with Gasteiger partial charge < -0.3 is 4.90 Å². The molecule has 0 saturated heterocycles. The normalized spacial score (nSPS) is 11.7. The van der Waals surface area contributed by atoms with Crippen LogP contribution in [0.2, 0.25) is 0 Å². The van der Waals surface area contributed by atoms with Crippen molar-refractivity contribution in [2.24, 2.45) is 0 Å². The van der Waals surface area contributed by atoms with Crippen LogP contribution in [-0.4, -0.2) is 50.3 Å². The third kappa shape index (κ3) is 14.1. The lowest BCUT2D eigenvalue weighted by atomic mass is 10.1. The van der Waals surface area contributed by atoms with E-state index in [0.29, 0.717) is 0 Å². The van der Waals surface area contributed by atoms with Crippen LogP contribution in [0.5, 0.6) is 0 Å². The molecular formula is C16H36N2O. The molecule has 0 fully saturated rings. The molecule has 3 nitrogen and oxygen atoms in total. The van der Waals surface area contributed by atoms with Gasteiger partial charge in [0.2, 0.25) is 0 Å². The van der Waals surface area contributed by atoms with Crippen molar-refractivity contribution in [3.8, 4) is 0 Å². The smallest absolute Gasteiger partial charge is 0.0685 e. The minimum absolute atomic E-state index is 0.893. The predicted molar refractivity (Wildman–Crippen MR) is 84.4 cm³/mol. The largest absolute Gasteiger partial charge is 0.309 e. The Morgan fingerprint density at radius 1 is 0.684 bits per heavy atom. The van der Waals surface area contributed by atoms with Gasteiger partial charge in [-0.2, -0.15) is 5.06 Å². The van der Waals surface area contributed by atoms with Gasteiger partial charge in [-0.15, -0.1) is 0 Å². The first-order valence-corrected chi connectivity index (χ1v) is 8.23. The fourth-order valence-electron chi connectivity index (χ4n) is 2.19. The van der Waals surface area contributed by atoms with Gasteiger partial charge in [0.1, 0.15) is 0 Å². The zero-order chi connectivity index (χ0) is 14.3. The monoisotopic (exact) mass is 272 g/mol. The second-order valence-corrected chi connectivity index (χ2v) is 5.58. The van der Waals surface area contributed by atoms with E-state index in [1.165, 1.54) is 57.9 Å². The van der Waals surface area contributed by atoms with Gasteiger partial charge >= 0.3 is 0 Å². The molecule has 19 heavy (non-hydrogen) atoms. The van der Waals surface area contributed by atoms with Crippen LogP contribution in [0.3, 0.4) is 0 Å². The molecule has 0 bridgehead atoms. The quantitative estimate of drug-likeness (QED) is 0.352. The first-order valence-electron chi connectivity index (χ1n) is 8.23. The lowest BCUT2D eigenvalue weighted by Crippen LogP contribution is -2.23. The van der Waals surface area contributed by atoms with Gasteiger partial charge in [-0.05, 0) is 33.5 Å². The van der Waals surface area contributed by atoms with Crippen LogP contribution < -0.4 is 0 Å². The molecule has 0 atom stereocenters. The third-order valence-electron chi connectivity index (χ3n) is 3.48. The second kappa shape index (κ2) is 14.3. The molecule has 0 aromatic heterocycles. The highest BCUT2D eigenvalue weighted by Gasteiger charge is 1.98. The van der Waals surface area contributed by atoms with E-state index in [1.54, 1.807) is 0 Å². The summed E-state index contributed by atoms with van der Waals surface area (Å²) < 4.78 is 0. The SMILES string of the molecule is CCN(CC)OCCCCCCCCCCN(C)C. The molecule has 0 aliphatic carbocycles. The van der Waals surface area contributed by atoms with Crippen LogP contribution in [0.25, 0.3) is 0 Å². The minimum atomic E-state index is 0.893. The summed E-state index contributed by atoms with van der Waals surface area (Å²) in [6, 6.07) is 0. The van der Waals surface area contributed by atoms with Gasteiger partial charge in [0, 0.05) is 13.1 Å². The molecule has 0 spiro atoms. The van der Waals surface area contributed by atoms with E-state index in [1.807, 2.05) is 5.06 Å². The van der Waals surface area contributed by atoms with Crippen molar-refractivity contribution in [3.63, 3.8) is 0 Å². The summed E-state index contributed by atoms with van der Waals surface area (Å²) in [5.41, 5.74) is 0. The Hall–Kier alpha value is -0.120. The molecular weight excluding hydrogens is 236 g/mol. The van der Waals surface area contributed by atoms with E-state index in [0.717, 1.165) is 19.7 Å². The summed E-state index contributed by atoms with van der Waals surface area (Å²) in [6.07, 6.45) is 10.8. The maximum absolute atomic E-state index is 5.65. The van der Waals surface area contributed by atoms with Crippen LogP contribution >= 0.6 is 0 Å². The lowest BCUT2D eigenvalue weighted by Gasteiger charge is -2.17. The first-order chi connectivity index (χ1) is 9.20. The molecule has 0 rings (SSSR count). The van der Waals surface area contributed by atoms with Gasteiger partial charge in [0.05, 0.1) is 6.61 Å². The van der Waals surface area contributed by atoms with Crippen LogP contribution in [0.15, 0.2) is 0 Å². The summed E-state index contributed by atoms with van der Waals surface area (Å²) in [5.74, 6) is 0. The number of hydrogen-bond donors (Lipinski definition) is 0. The van der Waals surface area contributed by atoms with Crippen molar-refractivity contribution in [3.05, 3.63) is 0 Å². The minimum Gasteiger partial charge on any atom is -0.309 e. The maximum Gasteiger partial charge on any atom is 0.0685 e. The molecule has 116 valence electrons. The Balaban J connectivity index is 3.06. The lowest BCUT2D eigenvalue weighted by molar-refractivity contribution is -0.153. The molecule has 0 amide bonds. The number of hydroxylamine groups is 2. The molecule has 0 aromatic rings. The van der Waals surface area contributed by atoms with E-state index in [4.69, 9.17) is 4.84 Å². The van der Waals surface area contributed by atoms with Gasteiger partial charge in [0.25, 0.3) is 0 Å². The zero-order valence-electron chi connectivity index (χ0n) is 13.8. The van der Waals surface area contributed by atoms with E-state index >= 15 is 0 Å². The fraction of sp³-hybridized carbons (Fsp3) is 1.00. The van der Waals surface area contributed by atoms with Crippen molar-refractivity contribution in [2.75, 3.05) is 40.3 Å². The molecule has 0 N–H and O–H groups in total. The molecule has 0 unspecified atom stereocenters. The number of rotatable bonds is 14. The second-order valence-electron chi connectivity index (χ2n) is 5.58. The number of unbranched alkanes of at least 4 members (excludes halogenated alkanes) is 7. The Kier molecular flexibility index (Phi) is 14.2. The van der Waals surface area contributed by atoms with Gasteiger partial charge in [0.15, 0.2) is 0 Å². The fourth-order valence-corrected chi connectivity index (χ4v) is 2.19. The van der Waals surface area contributed by atoms with Crippen LogP contribution in [0.4, 0.5) is 0 Å². The molecule has 3 heteroatoms. The third-order valence-corrected chi connectivity index (χ3v) is 3.48. The Labute approximate surface area is 121 Å². The maximum atomic E-state index is 5.65. The highest BCUT2D eigenvalue weighted by molar-refractivity contribution is 4.49. The van der Waals surface area contributed by atoms with Crippen molar-refractivity contribution >= 4 is 0 Å². The van der Waals surface area contributed by atoms with Crippen LogP contribution in [0, 0.1) is 0 Å². The molecule has 0 saturated carbocycles. The van der Waals surface area contributed by atoms with Gasteiger partial charge in [-0.3, -0.25) is 4.84 Å². The summed E-state index contributed by atoms with van der Waals surface area (Å²) in [6.45, 7) is 8.39. The topological polar surface area (TPSA) is 15.7 Å². The average molecular weight is 272 g/mol. The Morgan fingerprint density at radius 2 is 1.16 bits per heavy atom. The van der Waals surface area contributed by atoms with Crippen LogP contribution in [-0.2, 0) is 4.84 Å². The van der Waals surface area contributed by atoms with Crippen molar-refractivity contribution in [1.82, 2.24) is 9.96 Å². The van der Waals surface area contributed by atoms with E-state index in [-0.39, 0.29) is 0 Å². The molecule has 0 aromatic carbocycles. The van der Waals surface area contributed by atoms with Crippen molar-refractivity contribution in [2.45, 2.75) is 65.2 Å². The first kappa shape index (κ1) is 18.9. The Bertz CT molecular complexity index is 170. The number of nitrogens with zero attached hydrogens (tertiary/aromatic N) is 2. The van der Waals surface area contributed by atoms with E-state index in [9.17, 15) is 0 Å². The number of hydrogen-bond acceptors (Lipinski definition) is 3. The summed E-state index contributed by atoms with van der Waals surface area (Å²) in [7, 11) is 4.31. The van der Waals surface area contributed by atoms with Gasteiger partial charge in [-0.1, -0.05) is 52.4 Å². The summed E-state index contributed by atoms with van der Waals surface area (Å²) in [4.78, 5) is 7.92. The Morgan fingerprint density at radius 3 is 1.63 bits per heavy atom. The highest BCUT2D eigenvalue weighted by atomic mass is 16.7. The van der Waals surface area contributed by atoms with Gasteiger partial charge in [-0.25, -0.2) is 0 Å². The highest BCUT2D eigenvalue weighted by Crippen LogP contribution is 2.09. The predicted octanol–water partition coefficient (Wildman–Crippen LogP) is 3.94. The zero-order valence-corrected chi connectivity index (χ0v) is 13.8. The van der Waals surface area contributed by atoms with Crippen molar-refractivity contribution in [1.29, 1.82) is 0 Å². The summed E-state index contributed by atoms with van der Waals surface area (Å²) in [5, 5.41) is 2.03. The molecule has 0 heterocycles. The van der Waals surface area contributed by atoms with Crippen LogP contribution in [0.1, 0.15) is 65.2 Å². The summed E-state index contributed by atoms with van der Waals surface area (Å²) >= 11 is 0. The van der Waals surface area contributed by atoms with Crippen molar-refractivity contribution < 1.29 is 4.84 Å². The molecule has 0 aliphatic rings. The standard InChI is InChI=1S/C16H36N2O/c1-5-18(6-2)19-16-14-12-10-8-7-9-11-13-15-17(3)4/h5-16H2,1-4H3. The van der Waals surface area contributed by atoms with E-state index < -0.39 is 0 Å².